The number of hydrogen-bond donors (Lipinski definition) is 0. The van der Waals surface area contributed by atoms with E-state index in [1.165, 1.54) is 61.6 Å². The van der Waals surface area contributed by atoms with Crippen LogP contribution in [-0.4, -0.2) is 0 Å². The molecule has 3 aromatic rings. The molecule has 3 heterocycles. The van der Waals surface area contributed by atoms with E-state index in [1.807, 2.05) is 0 Å². The lowest BCUT2D eigenvalue weighted by molar-refractivity contribution is 0.393. The molecule has 0 aromatic heterocycles. The van der Waals surface area contributed by atoms with Crippen LogP contribution in [0.2, 0.25) is 0 Å². The molecule has 0 radical (unpaired) electrons. The van der Waals surface area contributed by atoms with Crippen molar-refractivity contribution in [3.8, 4) is 0 Å². The van der Waals surface area contributed by atoms with Crippen LogP contribution in [0, 0.1) is 11.8 Å². The van der Waals surface area contributed by atoms with Crippen LogP contribution in [0.15, 0.2) is 113 Å². The maximum absolute atomic E-state index is 2.73. The van der Waals surface area contributed by atoms with Gasteiger partial charge in [0.25, 0.3) is 0 Å². The minimum Gasteiger partial charge on any atom is -0.309 e. The van der Waals surface area contributed by atoms with Gasteiger partial charge in [-0.05, 0) is 62.4 Å². The zero-order chi connectivity index (χ0) is 28.8. The average Bonchev–Trinajstić information content (AvgIpc) is 2.98. The van der Waals surface area contributed by atoms with E-state index in [1.54, 1.807) is 5.57 Å². The van der Waals surface area contributed by atoms with Crippen molar-refractivity contribution in [1.82, 2.24) is 0 Å². The van der Waals surface area contributed by atoms with Gasteiger partial charge in [0.05, 0.1) is 17.1 Å². The van der Waals surface area contributed by atoms with E-state index >= 15 is 0 Å². The Kier molecular flexibility index (Phi) is 4.57. The van der Waals surface area contributed by atoms with E-state index in [0.29, 0.717) is 17.8 Å². The summed E-state index contributed by atoms with van der Waals surface area (Å²) < 4.78 is 0. The summed E-state index contributed by atoms with van der Waals surface area (Å²) >= 11 is 0. The number of fused-ring (bicyclic) bond motifs is 2. The van der Waals surface area contributed by atoms with Gasteiger partial charge in [-0.1, -0.05) is 139 Å². The maximum Gasteiger partial charge on any atom is 0.0543 e. The smallest absolute Gasteiger partial charge is 0.0543 e. The third-order valence-corrected chi connectivity index (χ3v) is 11.9. The Morgan fingerprint density at radius 2 is 1.33 bits per heavy atom. The second-order valence-corrected chi connectivity index (χ2v) is 15.0. The van der Waals surface area contributed by atoms with Crippen molar-refractivity contribution >= 4 is 17.5 Å². The first kappa shape index (κ1) is 24.7. The van der Waals surface area contributed by atoms with Crippen molar-refractivity contribution in [2.45, 2.75) is 70.1 Å². The number of benzene rings is 3. The molecule has 0 amide bonds. The van der Waals surface area contributed by atoms with E-state index in [2.05, 4.69) is 144 Å². The lowest BCUT2D eigenvalue weighted by Gasteiger charge is -2.58. The first-order valence-electron chi connectivity index (χ1n) is 15.8. The largest absolute Gasteiger partial charge is 0.309 e. The van der Waals surface area contributed by atoms with Crippen LogP contribution < -0.4 is 4.90 Å². The van der Waals surface area contributed by atoms with E-state index in [0.717, 1.165) is 6.42 Å². The highest BCUT2D eigenvalue weighted by molar-refractivity contribution is 5.93. The quantitative estimate of drug-likeness (QED) is 0.294. The molecule has 0 bridgehead atoms. The number of nitrogens with zero attached hydrogens (tertiary/aromatic N) is 1. The minimum atomic E-state index is -0.0911. The third kappa shape index (κ3) is 2.81. The van der Waals surface area contributed by atoms with Crippen LogP contribution in [0.5, 0.6) is 0 Å². The van der Waals surface area contributed by atoms with Gasteiger partial charge in [-0.15, -0.1) is 0 Å². The van der Waals surface area contributed by atoms with Crippen LogP contribution in [0.3, 0.4) is 0 Å². The molecule has 1 heteroatoms. The first-order chi connectivity index (χ1) is 20.1. The summed E-state index contributed by atoms with van der Waals surface area (Å²) in [6.07, 6.45) is 15.5. The Labute approximate surface area is 250 Å². The molecule has 0 saturated carbocycles. The topological polar surface area (TPSA) is 3.24 Å². The molecule has 6 aliphatic rings. The molecule has 208 valence electrons. The Hall–Kier alpha value is -3.84. The van der Waals surface area contributed by atoms with Crippen LogP contribution in [-0.2, 0) is 16.2 Å². The van der Waals surface area contributed by atoms with Crippen LogP contribution in [0.25, 0.3) is 6.08 Å². The van der Waals surface area contributed by atoms with Gasteiger partial charge in [0.15, 0.2) is 0 Å². The van der Waals surface area contributed by atoms with Crippen molar-refractivity contribution in [1.29, 1.82) is 0 Å². The summed E-state index contributed by atoms with van der Waals surface area (Å²) in [7, 11) is 0. The molecule has 1 nitrogen and oxygen atoms in total. The van der Waals surface area contributed by atoms with Gasteiger partial charge in [0, 0.05) is 28.1 Å². The van der Waals surface area contributed by atoms with E-state index in [4.69, 9.17) is 0 Å². The van der Waals surface area contributed by atoms with Gasteiger partial charge in [0.2, 0.25) is 0 Å². The Bertz CT molecular complexity index is 1900. The van der Waals surface area contributed by atoms with Crippen molar-refractivity contribution in [3.63, 3.8) is 0 Å². The number of allylic oxidation sites excluding steroid dienone is 8. The molecule has 3 aliphatic carbocycles. The molecule has 9 rings (SSSR count). The molecular formula is C41H39N. The lowest BCUT2D eigenvalue weighted by atomic mass is 9.55. The molecule has 3 atom stereocenters. The molecule has 3 aromatic carbocycles. The zero-order valence-electron chi connectivity index (χ0n) is 25.6. The predicted molar refractivity (Wildman–Crippen MR) is 175 cm³/mol. The molecular weight excluding hydrogens is 506 g/mol. The summed E-state index contributed by atoms with van der Waals surface area (Å²) in [5.41, 5.74) is 17.5. The fraction of sp³-hybridized carbons (Fsp3) is 0.317. The second kappa shape index (κ2) is 7.75. The summed E-state index contributed by atoms with van der Waals surface area (Å²) in [6.45, 7) is 14.8. The monoisotopic (exact) mass is 545 g/mol. The van der Waals surface area contributed by atoms with E-state index < -0.39 is 0 Å². The van der Waals surface area contributed by atoms with Gasteiger partial charge in [0.1, 0.15) is 0 Å². The number of rotatable bonds is 1. The molecule has 42 heavy (non-hydrogen) atoms. The Morgan fingerprint density at radius 3 is 2.05 bits per heavy atom. The second-order valence-electron chi connectivity index (χ2n) is 15.0. The number of anilines is 2. The normalized spacial score (nSPS) is 27.5. The van der Waals surface area contributed by atoms with Crippen LogP contribution >= 0.6 is 0 Å². The molecule has 0 saturated heterocycles. The summed E-state index contributed by atoms with van der Waals surface area (Å²) in [4.78, 5) is 2.72. The Balaban J connectivity index is 1.34. The Morgan fingerprint density at radius 1 is 0.690 bits per heavy atom. The van der Waals surface area contributed by atoms with Crippen molar-refractivity contribution < 1.29 is 0 Å². The molecule has 3 aliphatic heterocycles. The zero-order valence-corrected chi connectivity index (χ0v) is 25.6. The summed E-state index contributed by atoms with van der Waals surface area (Å²) in [5.74, 6) is 1.23. The standard InChI is InChI=1S/C41H39N/c1-39(2)29-17-11-19-31-36(29)42-37-30(39)18-12-20-32(37)41(5,6)34-23-26(22-33(38(34)42)40(31,3)4)35-27-15-9-7-13-24(27)21-25-14-8-10-16-28(25)35/h7-22,26-27,35H,23H2,1-6H3. The highest BCUT2D eigenvalue weighted by atomic mass is 15.2. The predicted octanol–water partition coefficient (Wildman–Crippen LogP) is 10.2. The van der Waals surface area contributed by atoms with E-state index in [9.17, 15) is 0 Å². The first-order valence-corrected chi connectivity index (χ1v) is 15.8. The SMILES string of the molecule is CC1(C)C2=CC(C3c4ccccc4C=C4C=CC=CC43)CC3=C2N2c4c1cccc4C(C)(C)c1cccc(c12)C3(C)C. The highest BCUT2D eigenvalue weighted by Gasteiger charge is 2.55. The fourth-order valence-corrected chi connectivity index (χ4v) is 9.62. The summed E-state index contributed by atoms with van der Waals surface area (Å²) in [5, 5.41) is 0. The maximum atomic E-state index is 2.73. The average molecular weight is 546 g/mol. The molecule has 0 fully saturated rings. The van der Waals surface area contributed by atoms with Crippen molar-refractivity contribution in [2.75, 3.05) is 4.90 Å². The van der Waals surface area contributed by atoms with Gasteiger partial charge in [-0.3, -0.25) is 0 Å². The van der Waals surface area contributed by atoms with Crippen molar-refractivity contribution in [3.05, 3.63) is 147 Å². The number of para-hydroxylation sites is 2. The third-order valence-electron chi connectivity index (χ3n) is 11.9. The number of hydrogen-bond acceptors (Lipinski definition) is 1. The van der Waals surface area contributed by atoms with Crippen LogP contribution in [0.4, 0.5) is 11.4 Å². The van der Waals surface area contributed by atoms with Crippen molar-refractivity contribution in [2.24, 2.45) is 11.8 Å². The van der Waals surface area contributed by atoms with Gasteiger partial charge in [-0.25, -0.2) is 0 Å². The van der Waals surface area contributed by atoms with Gasteiger partial charge in [-0.2, -0.15) is 0 Å². The highest BCUT2D eigenvalue weighted by Crippen LogP contribution is 2.66. The molecule has 0 N–H and O–H groups in total. The van der Waals surface area contributed by atoms with Crippen LogP contribution in [0.1, 0.15) is 87.3 Å². The molecule has 3 unspecified atom stereocenters. The lowest BCUT2D eigenvalue weighted by Crippen LogP contribution is -2.48. The van der Waals surface area contributed by atoms with Gasteiger partial charge >= 0.3 is 0 Å². The summed E-state index contributed by atoms with van der Waals surface area (Å²) in [6, 6.07) is 23.4. The minimum absolute atomic E-state index is 0.0504. The van der Waals surface area contributed by atoms with Gasteiger partial charge < -0.3 is 4.90 Å². The van der Waals surface area contributed by atoms with E-state index in [-0.39, 0.29) is 16.2 Å². The molecule has 0 spiro atoms. The fourth-order valence-electron chi connectivity index (χ4n) is 9.62.